The maximum atomic E-state index is 13.5. The highest BCUT2D eigenvalue weighted by Gasteiger charge is 2.21. The number of nitrogens with zero attached hydrogens (tertiary/aromatic N) is 1. The van der Waals surface area contributed by atoms with E-state index in [2.05, 4.69) is 5.32 Å². The zero-order chi connectivity index (χ0) is 15.2. The predicted octanol–water partition coefficient (Wildman–Crippen LogP) is 2.65. The molecule has 1 aromatic carbocycles. The van der Waals surface area contributed by atoms with Gasteiger partial charge < -0.3 is 14.8 Å². The number of methoxy groups -OCH3 is 1. The number of hydrogen-bond acceptors (Lipinski definition) is 5. The Kier molecular flexibility index (Phi) is 5.32. The lowest BCUT2D eigenvalue weighted by molar-refractivity contribution is -0.386. The van der Waals surface area contributed by atoms with Crippen LogP contribution in [0.1, 0.15) is 25.7 Å². The molecule has 1 unspecified atom stereocenters. The van der Waals surface area contributed by atoms with Crippen LogP contribution in [-0.4, -0.2) is 31.2 Å². The number of benzene rings is 1. The van der Waals surface area contributed by atoms with Gasteiger partial charge in [0.2, 0.25) is 5.75 Å². The highest BCUT2D eigenvalue weighted by Crippen LogP contribution is 2.33. The van der Waals surface area contributed by atoms with Gasteiger partial charge >= 0.3 is 5.69 Å². The topological polar surface area (TPSA) is 73.6 Å². The zero-order valence-corrected chi connectivity index (χ0v) is 11.9. The van der Waals surface area contributed by atoms with Crippen molar-refractivity contribution in [3.05, 3.63) is 28.1 Å². The van der Waals surface area contributed by atoms with Gasteiger partial charge in [0.05, 0.1) is 24.7 Å². The zero-order valence-electron chi connectivity index (χ0n) is 11.9. The molecule has 1 N–H and O–H groups in total. The normalized spacial score (nSPS) is 18.3. The van der Waals surface area contributed by atoms with Crippen molar-refractivity contribution in [2.75, 3.05) is 20.3 Å². The Labute approximate surface area is 122 Å². The van der Waals surface area contributed by atoms with Crippen LogP contribution < -0.4 is 14.8 Å². The van der Waals surface area contributed by atoms with Crippen LogP contribution in [0.25, 0.3) is 0 Å². The Bertz CT molecular complexity index is 504. The van der Waals surface area contributed by atoms with Gasteiger partial charge in [-0.25, -0.2) is 4.39 Å². The van der Waals surface area contributed by atoms with Crippen molar-refractivity contribution in [3.8, 4) is 11.5 Å². The molecule has 0 bridgehead atoms. The average molecular weight is 298 g/mol. The molecule has 1 aliphatic rings. The molecule has 116 valence electrons. The maximum Gasteiger partial charge on any atom is 0.314 e. The quantitative estimate of drug-likeness (QED) is 0.645. The molecule has 0 spiro atoms. The molecule has 21 heavy (non-hydrogen) atoms. The minimum absolute atomic E-state index is 0.0362. The largest absolute Gasteiger partial charge is 0.494 e. The van der Waals surface area contributed by atoms with Gasteiger partial charge in [-0.3, -0.25) is 10.1 Å². The summed E-state index contributed by atoms with van der Waals surface area (Å²) < 4.78 is 23.8. The molecule has 0 aliphatic carbocycles. The first-order valence-electron chi connectivity index (χ1n) is 7.00. The van der Waals surface area contributed by atoms with Gasteiger partial charge in [-0.15, -0.1) is 0 Å². The first-order valence-corrected chi connectivity index (χ1v) is 7.00. The Morgan fingerprint density at radius 3 is 2.86 bits per heavy atom. The van der Waals surface area contributed by atoms with Gasteiger partial charge in [0.25, 0.3) is 0 Å². The number of nitro groups is 1. The van der Waals surface area contributed by atoms with Crippen LogP contribution >= 0.6 is 0 Å². The van der Waals surface area contributed by atoms with Crippen LogP contribution in [0.4, 0.5) is 10.1 Å². The molecular weight excluding hydrogens is 279 g/mol. The van der Waals surface area contributed by atoms with E-state index in [1.54, 1.807) is 0 Å². The molecule has 0 radical (unpaired) electrons. The van der Waals surface area contributed by atoms with Crippen LogP contribution in [-0.2, 0) is 0 Å². The number of rotatable bonds is 6. The number of nitro benzene ring substituents is 1. The van der Waals surface area contributed by atoms with Crippen molar-refractivity contribution >= 4 is 5.69 Å². The second kappa shape index (κ2) is 7.21. The lowest BCUT2D eigenvalue weighted by Crippen LogP contribution is -2.35. The highest BCUT2D eigenvalue weighted by molar-refractivity contribution is 5.51. The van der Waals surface area contributed by atoms with Crippen LogP contribution in [0, 0.1) is 15.9 Å². The van der Waals surface area contributed by atoms with Gasteiger partial charge in [-0.1, -0.05) is 6.42 Å². The summed E-state index contributed by atoms with van der Waals surface area (Å²) in [7, 11) is 1.31. The summed E-state index contributed by atoms with van der Waals surface area (Å²) in [5.74, 6) is -0.800. The molecule has 1 aliphatic heterocycles. The Hall–Kier alpha value is -1.89. The van der Waals surface area contributed by atoms with Gasteiger partial charge in [0.1, 0.15) is 0 Å². The fourth-order valence-electron chi connectivity index (χ4n) is 2.42. The first-order chi connectivity index (χ1) is 10.1. The van der Waals surface area contributed by atoms with E-state index in [4.69, 9.17) is 9.47 Å². The fourth-order valence-corrected chi connectivity index (χ4v) is 2.42. The van der Waals surface area contributed by atoms with E-state index in [1.807, 2.05) is 0 Å². The minimum Gasteiger partial charge on any atom is -0.494 e. The van der Waals surface area contributed by atoms with E-state index >= 15 is 0 Å². The molecule has 0 aromatic heterocycles. The molecule has 1 heterocycles. The third kappa shape index (κ3) is 4.04. The SMILES string of the molecule is COc1cc(OCCC2CCCCN2)c([N+](=O)[O-])cc1F. The van der Waals surface area contributed by atoms with Crippen molar-refractivity contribution in [2.24, 2.45) is 0 Å². The number of hydrogen-bond donors (Lipinski definition) is 1. The minimum atomic E-state index is -0.773. The first kappa shape index (κ1) is 15.5. The number of nitrogens with one attached hydrogen (secondary N) is 1. The third-order valence-electron chi connectivity index (χ3n) is 3.57. The molecule has 2 rings (SSSR count). The molecule has 0 amide bonds. The fraction of sp³-hybridized carbons (Fsp3) is 0.571. The van der Waals surface area contributed by atoms with Crippen molar-refractivity contribution in [2.45, 2.75) is 31.7 Å². The van der Waals surface area contributed by atoms with Crippen molar-refractivity contribution in [1.82, 2.24) is 5.32 Å². The van der Waals surface area contributed by atoms with Gasteiger partial charge in [0.15, 0.2) is 11.6 Å². The summed E-state index contributed by atoms with van der Waals surface area (Å²) in [6, 6.07) is 2.43. The van der Waals surface area contributed by atoms with Crippen molar-refractivity contribution in [3.63, 3.8) is 0 Å². The standard InChI is InChI=1S/C14H19FN2O4/c1-20-13-9-14(12(17(18)19)8-11(13)15)21-7-5-10-4-2-3-6-16-10/h8-10,16H,2-7H2,1H3. The summed E-state index contributed by atoms with van der Waals surface area (Å²) in [6.07, 6.45) is 4.20. The van der Waals surface area contributed by atoms with Gasteiger partial charge in [-0.05, 0) is 25.8 Å². The van der Waals surface area contributed by atoms with Gasteiger partial charge in [-0.2, -0.15) is 0 Å². The van der Waals surface area contributed by atoms with E-state index in [0.717, 1.165) is 25.5 Å². The second-order valence-corrected chi connectivity index (χ2v) is 5.00. The summed E-state index contributed by atoms with van der Waals surface area (Å²) in [5.41, 5.74) is -0.384. The molecule has 7 heteroatoms. The summed E-state index contributed by atoms with van der Waals surface area (Å²) in [6.45, 7) is 1.34. The van der Waals surface area contributed by atoms with E-state index in [0.29, 0.717) is 12.6 Å². The van der Waals surface area contributed by atoms with E-state index < -0.39 is 10.7 Å². The van der Waals surface area contributed by atoms with E-state index in [-0.39, 0.29) is 17.2 Å². The van der Waals surface area contributed by atoms with Crippen molar-refractivity contribution in [1.29, 1.82) is 0 Å². The third-order valence-corrected chi connectivity index (χ3v) is 3.57. The Morgan fingerprint density at radius 1 is 1.43 bits per heavy atom. The Morgan fingerprint density at radius 2 is 2.24 bits per heavy atom. The highest BCUT2D eigenvalue weighted by atomic mass is 19.1. The van der Waals surface area contributed by atoms with Gasteiger partial charge in [0, 0.05) is 12.1 Å². The van der Waals surface area contributed by atoms with Crippen LogP contribution in [0.3, 0.4) is 0 Å². The molecule has 1 saturated heterocycles. The monoisotopic (exact) mass is 298 g/mol. The molecular formula is C14H19FN2O4. The second-order valence-electron chi connectivity index (χ2n) is 5.00. The predicted molar refractivity (Wildman–Crippen MR) is 75.4 cm³/mol. The van der Waals surface area contributed by atoms with Crippen LogP contribution in [0.5, 0.6) is 11.5 Å². The summed E-state index contributed by atoms with van der Waals surface area (Å²) in [4.78, 5) is 10.3. The summed E-state index contributed by atoms with van der Waals surface area (Å²) >= 11 is 0. The van der Waals surface area contributed by atoms with E-state index in [9.17, 15) is 14.5 Å². The number of piperidine rings is 1. The number of ether oxygens (including phenoxy) is 2. The van der Waals surface area contributed by atoms with Crippen molar-refractivity contribution < 1.29 is 18.8 Å². The lowest BCUT2D eigenvalue weighted by atomic mass is 10.0. The molecule has 6 nitrogen and oxygen atoms in total. The lowest BCUT2D eigenvalue weighted by Gasteiger charge is -2.23. The average Bonchev–Trinajstić information content (AvgIpc) is 2.49. The Balaban J connectivity index is 2.01. The molecule has 1 atom stereocenters. The smallest absolute Gasteiger partial charge is 0.314 e. The van der Waals surface area contributed by atoms with E-state index in [1.165, 1.54) is 26.0 Å². The summed E-state index contributed by atoms with van der Waals surface area (Å²) in [5, 5.41) is 14.3. The maximum absolute atomic E-state index is 13.5. The molecule has 1 aromatic rings. The molecule has 1 fully saturated rings. The molecule has 0 saturated carbocycles. The van der Waals surface area contributed by atoms with Crippen LogP contribution in [0.15, 0.2) is 12.1 Å². The van der Waals surface area contributed by atoms with Crippen LogP contribution in [0.2, 0.25) is 0 Å². The number of halogens is 1.